The number of fused-ring (bicyclic) bond motifs is 3. The maximum atomic E-state index is 14.4. The Bertz CT molecular complexity index is 1170. The Morgan fingerprint density at radius 3 is 2.69 bits per heavy atom. The highest BCUT2D eigenvalue weighted by Crippen LogP contribution is 2.71. The number of nitrogens with zero attached hydrogens (tertiary/aromatic N) is 2. The van der Waals surface area contributed by atoms with Crippen molar-refractivity contribution in [3.05, 3.63) is 39.7 Å². The molecule has 3 N–H and O–H groups in total. The fourth-order valence-corrected chi connectivity index (χ4v) is 8.02. The van der Waals surface area contributed by atoms with E-state index in [1.807, 2.05) is 13.8 Å². The van der Waals surface area contributed by atoms with Crippen LogP contribution in [0.25, 0.3) is 0 Å². The molecule has 1 aromatic heterocycles. The van der Waals surface area contributed by atoms with Crippen LogP contribution in [0.15, 0.2) is 34.0 Å². The molecule has 0 radical (unpaired) electrons. The quantitative estimate of drug-likeness (QED) is 0.390. The van der Waals surface area contributed by atoms with Gasteiger partial charge in [-0.1, -0.05) is 32.9 Å². The molecular formula is C26H33BrN2O6. The van der Waals surface area contributed by atoms with Gasteiger partial charge in [0.15, 0.2) is 23.2 Å². The molecule has 1 spiro atoms. The minimum absolute atomic E-state index is 0.0469. The van der Waals surface area contributed by atoms with Crippen LogP contribution < -0.4 is 0 Å². The van der Waals surface area contributed by atoms with E-state index < -0.39 is 41.7 Å². The summed E-state index contributed by atoms with van der Waals surface area (Å²) in [5.41, 5.74) is -2.78. The molecule has 35 heavy (non-hydrogen) atoms. The summed E-state index contributed by atoms with van der Waals surface area (Å²) in [5, 5.41) is 38.4. The van der Waals surface area contributed by atoms with Crippen molar-refractivity contribution in [1.82, 2.24) is 9.78 Å². The Morgan fingerprint density at radius 2 is 2.06 bits per heavy atom. The highest BCUT2D eigenvalue weighted by Gasteiger charge is 2.76. The summed E-state index contributed by atoms with van der Waals surface area (Å²) in [6, 6.07) is 0. The highest BCUT2D eigenvalue weighted by atomic mass is 79.9. The number of ketones is 1. The van der Waals surface area contributed by atoms with E-state index in [-0.39, 0.29) is 40.2 Å². The average Bonchev–Trinajstić information content (AvgIpc) is 3.08. The fraction of sp³-hybridized carbons (Fsp3) is 0.654. The smallest absolute Gasteiger partial charge is 0.358 e. The number of halogens is 1. The number of hydrogen-bond donors (Lipinski definition) is 3. The predicted octanol–water partition coefficient (Wildman–Crippen LogP) is 2.66. The van der Waals surface area contributed by atoms with Crippen molar-refractivity contribution >= 4 is 27.7 Å². The lowest BCUT2D eigenvalue weighted by Gasteiger charge is -2.48. The molecule has 0 aliphatic heterocycles. The molecule has 0 amide bonds. The Morgan fingerprint density at radius 1 is 1.37 bits per heavy atom. The lowest BCUT2D eigenvalue weighted by molar-refractivity contribution is -0.190. The SMILES string of the molecule is CCn1ncc(Br)c1C(=O)O[C@H]1C(C)=CC23C(=O)[C@@H](C=C(CO)[C@@H](O)[C@]12O)[C@H]1[C@@H](CC3C)C1(C)C. The van der Waals surface area contributed by atoms with Crippen molar-refractivity contribution in [2.45, 2.75) is 65.4 Å². The van der Waals surface area contributed by atoms with Gasteiger partial charge in [-0.05, 0) is 70.5 Å². The third-order valence-corrected chi connectivity index (χ3v) is 9.99. The van der Waals surface area contributed by atoms with Crippen LogP contribution in [-0.4, -0.2) is 61.3 Å². The molecule has 2 saturated carbocycles. The van der Waals surface area contributed by atoms with E-state index in [4.69, 9.17) is 4.74 Å². The predicted molar refractivity (Wildman–Crippen MR) is 130 cm³/mol. The molecule has 8 atom stereocenters. The Hall–Kier alpha value is -1.81. The van der Waals surface area contributed by atoms with Crippen LogP contribution in [-0.2, 0) is 16.1 Å². The monoisotopic (exact) mass is 548 g/mol. The van der Waals surface area contributed by atoms with Gasteiger partial charge in [-0.25, -0.2) is 4.79 Å². The number of hydrogen-bond acceptors (Lipinski definition) is 7. The van der Waals surface area contributed by atoms with Crippen LogP contribution in [0.5, 0.6) is 0 Å². The maximum Gasteiger partial charge on any atom is 0.358 e. The molecule has 2 fully saturated rings. The summed E-state index contributed by atoms with van der Waals surface area (Å²) in [6.07, 6.45) is 2.73. The summed E-state index contributed by atoms with van der Waals surface area (Å²) in [7, 11) is 0. The minimum atomic E-state index is -2.16. The molecule has 0 aromatic carbocycles. The number of carbonyl (C=O) groups is 2. The molecule has 4 aliphatic carbocycles. The molecule has 0 saturated heterocycles. The van der Waals surface area contributed by atoms with Gasteiger partial charge in [0.1, 0.15) is 6.10 Å². The number of Topliss-reactive ketones (excluding diaryl/α,β-unsaturated/α-hetero) is 1. The zero-order chi connectivity index (χ0) is 25.7. The van der Waals surface area contributed by atoms with E-state index in [2.05, 4.69) is 34.9 Å². The highest BCUT2D eigenvalue weighted by molar-refractivity contribution is 9.10. The van der Waals surface area contributed by atoms with E-state index in [1.165, 1.54) is 10.9 Å². The average molecular weight is 549 g/mol. The summed E-state index contributed by atoms with van der Waals surface area (Å²) in [5.74, 6) is -1.40. The van der Waals surface area contributed by atoms with E-state index in [0.717, 1.165) is 0 Å². The number of esters is 1. The van der Waals surface area contributed by atoms with Crippen molar-refractivity contribution in [3.8, 4) is 0 Å². The van der Waals surface area contributed by atoms with E-state index in [0.29, 0.717) is 23.0 Å². The van der Waals surface area contributed by atoms with Crippen LogP contribution in [0.1, 0.15) is 51.5 Å². The van der Waals surface area contributed by atoms with Crippen LogP contribution in [0, 0.1) is 34.5 Å². The van der Waals surface area contributed by atoms with Gasteiger partial charge in [0.2, 0.25) is 0 Å². The Labute approximate surface area is 213 Å². The standard InChI is InChI=1S/C26H33BrN2O6/c1-6-29-19(17(27)10-28-29)23(33)35-22-12(2)9-25-13(3)7-16-18(24(16,4)5)15(21(25)32)8-14(11-30)20(31)26(22,25)34/h8-10,13,15-16,18,20,22,30-31,34H,6-7,11H2,1-5H3/t13?,15-,16+,18-,20+,22-,25?,26-/m0/s1. The zero-order valence-corrected chi connectivity index (χ0v) is 22.2. The number of aliphatic hydroxyl groups excluding tert-OH is 2. The van der Waals surface area contributed by atoms with Crippen molar-refractivity contribution in [2.24, 2.45) is 34.5 Å². The summed E-state index contributed by atoms with van der Waals surface area (Å²) in [6.45, 7) is 9.70. The van der Waals surface area contributed by atoms with Gasteiger partial charge >= 0.3 is 5.97 Å². The van der Waals surface area contributed by atoms with Gasteiger partial charge in [0.05, 0.1) is 22.7 Å². The fourth-order valence-electron chi connectivity index (χ4n) is 7.56. The van der Waals surface area contributed by atoms with E-state index >= 15 is 0 Å². The number of carbonyl (C=O) groups excluding carboxylic acids is 2. The molecular weight excluding hydrogens is 516 g/mol. The number of ether oxygens (including phenoxy) is 1. The lowest BCUT2D eigenvalue weighted by Crippen LogP contribution is -2.65. The second kappa shape index (κ2) is 7.84. The van der Waals surface area contributed by atoms with Crippen molar-refractivity contribution in [3.63, 3.8) is 0 Å². The van der Waals surface area contributed by atoms with Crippen LogP contribution in [0.4, 0.5) is 0 Å². The first-order chi connectivity index (χ1) is 16.4. The topological polar surface area (TPSA) is 122 Å². The Balaban J connectivity index is 1.64. The number of aliphatic hydroxyl groups is 3. The van der Waals surface area contributed by atoms with Crippen LogP contribution >= 0.6 is 15.9 Å². The second-order valence-corrected chi connectivity index (χ2v) is 12.2. The molecule has 2 unspecified atom stereocenters. The van der Waals surface area contributed by atoms with Crippen molar-refractivity contribution < 1.29 is 29.6 Å². The minimum Gasteiger partial charge on any atom is -0.450 e. The number of aryl methyl sites for hydroxylation is 1. The van der Waals surface area contributed by atoms with Gasteiger partial charge in [0.25, 0.3) is 0 Å². The third kappa shape index (κ3) is 2.98. The van der Waals surface area contributed by atoms with Crippen LogP contribution in [0.2, 0.25) is 0 Å². The molecule has 2 bridgehead atoms. The Kier molecular flexibility index (Phi) is 5.57. The largest absolute Gasteiger partial charge is 0.450 e. The van der Waals surface area contributed by atoms with Crippen LogP contribution in [0.3, 0.4) is 0 Å². The first kappa shape index (κ1) is 24.9. The number of allylic oxidation sites excluding steroid dienone is 1. The van der Waals surface area contributed by atoms with E-state index in [1.54, 1.807) is 19.1 Å². The molecule has 1 heterocycles. The first-order valence-electron chi connectivity index (χ1n) is 12.3. The number of aromatic nitrogens is 2. The second-order valence-electron chi connectivity index (χ2n) is 11.3. The van der Waals surface area contributed by atoms with Crippen molar-refractivity contribution in [1.29, 1.82) is 0 Å². The van der Waals surface area contributed by atoms with Gasteiger partial charge in [-0.3, -0.25) is 9.48 Å². The first-order valence-corrected chi connectivity index (χ1v) is 13.0. The molecule has 1 aromatic rings. The summed E-state index contributed by atoms with van der Waals surface area (Å²) in [4.78, 5) is 27.7. The number of rotatable bonds is 4. The molecule has 5 rings (SSSR count). The van der Waals surface area contributed by atoms with E-state index in [9.17, 15) is 24.9 Å². The third-order valence-electron chi connectivity index (χ3n) is 9.41. The van der Waals surface area contributed by atoms with Gasteiger partial charge in [0, 0.05) is 12.5 Å². The lowest BCUT2D eigenvalue weighted by atomic mass is 9.59. The summed E-state index contributed by atoms with van der Waals surface area (Å²) >= 11 is 3.34. The molecule has 9 heteroatoms. The van der Waals surface area contributed by atoms with Crippen molar-refractivity contribution in [2.75, 3.05) is 6.61 Å². The molecule has 4 aliphatic rings. The van der Waals surface area contributed by atoms with Gasteiger partial charge < -0.3 is 20.1 Å². The molecule has 8 nitrogen and oxygen atoms in total. The zero-order valence-electron chi connectivity index (χ0n) is 20.7. The molecule has 190 valence electrons. The summed E-state index contributed by atoms with van der Waals surface area (Å²) < 4.78 is 7.84. The van der Waals surface area contributed by atoms with Gasteiger partial charge in [-0.15, -0.1) is 0 Å². The maximum absolute atomic E-state index is 14.4. The normalized spacial score (nSPS) is 41.2. The van der Waals surface area contributed by atoms with Gasteiger partial charge in [-0.2, -0.15) is 5.10 Å².